The van der Waals surface area contributed by atoms with Crippen molar-refractivity contribution in [3.8, 4) is 0 Å². The van der Waals surface area contributed by atoms with E-state index >= 15 is 0 Å². The Morgan fingerprint density at radius 2 is 1.00 bits per heavy atom. The molecule has 2 aliphatic carbocycles. The average Bonchev–Trinajstić information content (AvgIpc) is 3.81. The molecule has 4 aromatic carbocycles. The summed E-state index contributed by atoms with van der Waals surface area (Å²) in [7, 11) is 0. The van der Waals surface area contributed by atoms with Gasteiger partial charge in [-0.25, -0.2) is 9.97 Å². The predicted molar refractivity (Wildman–Crippen MR) is 184 cm³/mol. The molecule has 1 amide bonds. The lowest BCUT2D eigenvalue weighted by atomic mass is 9.90. The van der Waals surface area contributed by atoms with Crippen LogP contribution in [-0.4, -0.2) is 49.0 Å². The maximum Gasteiger partial charge on any atom is 0.255 e. The molecule has 0 aliphatic heterocycles. The van der Waals surface area contributed by atoms with Crippen LogP contribution in [0.4, 0.5) is 0 Å². The highest BCUT2D eigenvalue weighted by molar-refractivity contribution is 6.28. The number of rotatable bonds is 6. The lowest BCUT2D eigenvalue weighted by Gasteiger charge is -2.11. The number of aromatic amines is 2. The summed E-state index contributed by atoms with van der Waals surface area (Å²) in [6, 6.07) is 28.8. The number of hydrogen-bond acceptors (Lipinski definition) is 8. The molecule has 240 valence electrons. The largest absolute Gasteiger partial charge is 0.396 e. The number of carbonyl (C=O) groups is 5. The van der Waals surface area contributed by atoms with Gasteiger partial charge in [0.1, 0.15) is 22.8 Å². The number of imidazole rings is 2. The molecule has 5 N–H and O–H groups in total. The van der Waals surface area contributed by atoms with Crippen molar-refractivity contribution in [2.24, 2.45) is 5.73 Å². The molecule has 0 atom stereocenters. The van der Waals surface area contributed by atoms with Gasteiger partial charge in [-0.1, -0.05) is 91.0 Å². The van der Waals surface area contributed by atoms with Crippen LogP contribution >= 0.6 is 0 Å². The summed E-state index contributed by atoms with van der Waals surface area (Å²) in [6.45, 7) is 0. The van der Waals surface area contributed by atoms with Gasteiger partial charge in [-0.3, -0.25) is 24.0 Å². The van der Waals surface area contributed by atoms with Crippen LogP contribution in [0.1, 0.15) is 97.3 Å². The normalized spacial score (nSPS) is 13.8. The zero-order valence-electron chi connectivity index (χ0n) is 26.0. The third-order valence-corrected chi connectivity index (χ3v) is 8.51. The first kappa shape index (κ1) is 30.1. The summed E-state index contributed by atoms with van der Waals surface area (Å²) >= 11 is 0. The highest BCUT2D eigenvalue weighted by Gasteiger charge is 2.34. The van der Waals surface area contributed by atoms with Gasteiger partial charge in [0.15, 0.2) is 11.6 Å². The Labute approximate surface area is 283 Å². The topological polar surface area (TPSA) is 181 Å². The Morgan fingerprint density at radius 1 is 0.560 bits per heavy atom. The summed E-state index contributed by atoms with van der Waals surface area (Å²) in [5, 5.41) is 2.87. The molecular weight excluding hydrogens is 632 g/mol. The van der Waals surface area contributed by atoms with Gasteiger partial charge in [0.05, 0.1) is 11.4 Å². The fourth-order valence-corrected chi connectivity index (χ4v) is 6.00. The van der Waals surface area contributed by atoms with Gasteiger partial charge < -0.3 is 21.0 Å². The van der Waals surface area contributed by atoms with Crippen LogP contribution in [-0.2, 0) is 0 Å². The zero-order valence-corrected chi connectivity index (χ0v) is 26.0. The fourth-order valence-electron chi connectivity index (χ4n) is 6.00. The molecular formula is C39H24N6O5. The van der Waals surface area contributed by atoms with Crippen LogP contribution in [0.5, 0.6) is 0 Å². The zero-order chi connectivity index (χ0) is 34.5. The van der Waals surface area contributed by atoms with E-state index in [2.05, 4.69) is 25.3 Å². The molecule has 2 aliphatic rings. The summed E-state index contributed by atoms with van der Waals surface area (Å²) < 4.78 is 0. The van der Waals surface area contributed by atoms with Gasteiger partial charge in [-0.2, -0.15) is 0 Å². The number of benzene rings is 4. The van der Waals surface area contributed by atoms with Crippen LogP contribution < -0.4 is 11.1 Å². The Bertz CT molecular complexity index is 2400. The maximum absolute atomic E-state index is 13.3. The Hall–Kier alpha value is -7.27. The van der Waals surface area contributed by atoms with Crippen LogP contribution in [0.15, 0.2) is 103 Å². The summed E-state index contributed by atoms with van der Waals surface area (Å²) in [5.74, 6) is -1.54. The van der Waals surface area contributed by atoms with Crippen LogP contribution in [0.2, 0.25) is 0 Å². The van der Waals surface area contributed by atoms with Crippen molar-refractivity contribution < 1.29 is 24.0 Å². The minimum Gasteiger partial charge on any atom is -0.396 e. The summed E-state index contributed by atoms with van der Waals surface area (Å²) in [5.41, 5.74) is 9.84. The predicted octanol–water partition coefficient (Wildman–Crippen LogP) is 5.07. The van der Waals surface area contributed by atoms with Crippen molar-refractivity contribution in [3.05, 3.63) is 176 Å². The first-order valence-electron chi connectivity index (χ1n) is 15.5. The van der Waals surface area contributed by atoms with E-state index in [1.54, 1.807) is 115 Å². The van der Waals surface area contributed by atoms with Crippen molar-refractivity contribution in [1.29, 1.82) is 0 Å². The second-order valence-electron chi connectivity index (χ2n) is 11.7. The van der Waals surface area contributed by atoms with E-state index in [1.807, 2.05) is 0 Å². The van der Waals surface area contributed by atoms with Gasteiger partial charge >= 0.3 is 0 Å². The smallest absolute Gasteiger partial charge is 0.255 e. The van der Waals surface area contributed by atoms with E-state index in [-0.39, 0.29) is 74.3 Å². The minimum absolute atomic E-state index is 0.0218. The molecule has 0 saturated heterocycles. The number of amides is 1. The van der Waals surface area contributed by atoms with Crippen molar-refractivity contribution in [3.63, 3.8) is 0 Å². The second-order valence-corrected chi connectivity index (χ2v) is 11.7. The summed E-state index contributed by atoms with van der Waals surface area (Å²) in [4.78, 5) is 80.5. The SMILES string of the molecule is N/C(=C\c1ccc(/C=C(/NC(=O)c2ccccc2)c2nc3c([nH]2)C(=O)c2ccccc2C3=O)cc1)c1nc2c([nH]1)C(=O)c1ccccc1C2=O. The number of H-pyrrole nitrogens is 2. The van der Waals surface area contributed by atoms with Gasteiger partial charge in [0, 0.05) is 27.8 Å². The lowest BCUT2D eigenvalue weighted by molar-refractivity contribution is 0.0972. The molecule has 6 aromatic rings. The fraction of sp³-hybridized carbons (Fsp3) is 0. The van der Waals surface area contributed by atoms with Crippen LogP contribution in [0.3, 0.4) is 0 Å². The van der Waals surface area contributed by atoms with Crippen molar-refractivity contribution in [1.82, 2.24) is 25.3 Å². The van der Waals surface area contributed by atoms with Gasteiger partial charge in [-0.15, -0.1) is 0 Å². The van der Waals surface area contributed by atoms with Crippen molar-refractivity contribution in [2.45, 2.75) is 0 Å². The third-order valence-electron chi connectivity index (χ3n) is 8.51. The lowest BCUT2D eigenvalue weighted by Crippen LogP contribution is -2.22. The van der Waals surface area contributed by atoms with E-state index in [9.17, 15) is 24.0 Å². The van der Waals surface area contributed by atoms with Crippen molar-refractivity contribution in [2.75, 3.05) is 0 Å². The number of fused-ring (bicyclic) bond motifs is 4. The monoisotopic (exact) mass is 656 g/mol. The van der Waals surface area contributed by atoms with Gasteiger partial charge in [0.25, 0.3) is 5.91 Å². The number of aromatic nitrogens is 4. The molecule has 11 heteroatoms. The molecule has 0 bridgehead atoms. The van der Waals surface area contributed by atoms with Gasteiger partial charge in [-0.05, 0) is 35.4 Å². The van der Waals surface area contributed by atoms with E-state index in [4.69, 9.17) is 5.73 Å². The molecule has 0 saturated carbocycles. The molecule has 11 nitrogen and oxygen atoms in total. The Kier molecular flexibility index (Phi) is 7.08. The summed E-state index contributed by atoms with van der Waals surface area (Å²) in [6.07, 6.45) is 3.31. The molecule has 2 heterocycles. The maximum atomic E-state index is 13.3. The highest BCUT2D eigenvalue weighted by atomic mass is 16.2. The first-order valence-corrected chi connectivity index (χ1v) is 15.5. The quantitative estimate of drug-likeness (QED) is 0.191. The highest BCUT2D eigenvalue weighted by Crippen LogP contribution is 2.29. The number of nitrogens with two attached hydrogens (primary N) is 1. The van der Waals surface area contributed by atoms with E-state index in [0.717, 1.165) is 0 Å². The average molecular weight is 657 g/mol. The number of ketones is 4. The number of hydrogen-bond donors (Lipinski definition) is 4. The van der Waals surface area contributed by atoms with Crippen LogP contribution in [0, 0.1) is 0 Å². The number of carbonyl (C=O) groups excluding carboxylic acids is 5. The Balaban J connectivity index is 1.11. The minimum atomic E-state index is -0.416. The second kappa shape index (κ2) is 11.8. The number of nitrogens with one attached hydrogen (secondary N) is 3. The molecule has 8 rings (SSSR count). The Morgan fingerprint density at radius 3 is 1.54 bits per heavy atom. The molecule has 0 radical (unpaired) electrons. The number of nitrogens with zero attached hydrogens (tertiary/aromatic N) is 2. The van der Waals surface area contributed by atoms with Crippen molar-refractivity contribution >= 4 is 52.6 Å². The molecule has 2 aromatic heterocycles. The molecule has 50 heavy (non-hydrogen) atoms. The van der Waals surface area contributed by atoms with E-state index in [0.29, 0.717) is 27.8 Å². The van der Waals surface area contributed by atoms with Gasteiger partial charge in [0.2, 0.25) is 23.1 Å². The first-order chi connectivity index (χ1) is 24.3. The van der Waals surface area contributed by atoms with E-state index in [1.165, 1.54) is 0 Å². The standard InChI is InChI=1S/C39H24N6O5/c40-27(37-42-29-30(43-37)34(47)24-11-5-4-10-23(24)33(29)46)18-20-14-16-21(17-15-20)19-28(41-39(50)22-8-2-1-3-9-22)38-44-31-32(45-38)36(49)26-13-7-6-12-25(26)35(31)48/h1-19H,40H2,(H,41,50)(H,42,43)(H,44,45)/b27-18-,28-19+. The molecule has 0 unspecified atom stereocenters. The third kappa shape index (κ3) is 5.06. The van der Waals surface area contributed by atoms with E-state index < -0.39 is 11.7 Å². The van der Waals surface area contributed by atoms with Crippen LogP contribution in [0.25, 0.3) is 23.5 Å². The molecule has 0 spiro atoms. The molecule has 0 fully saturated rings.